The van der Waals surface area contributed by atoms with Gasteiger partial charge in [0.15, 0.2) is 5.06 Å². The summed E-state index contributed by atoms with van der Waals surface area (Å²) >= 11 is 8.45. The zero-order chi connectivity index (χ0) is 16.7. The number of hydrogen-bond donors (Lipinski definition) is 1. The van der Waals surface area contributed by atoms with Crippen molar-refractivity contribution in [2.24, 2.45) is 5.92 Å². The number of amides is 1. The SMILES string of the molecule is C[C@H]1[C@H](NC(=O)c2ccc(Oc3nc(Cl)cs3)s2)C2CCN1CC2. The van der Waals surface area contributed by atoms with E-state index in [1.807, 2.05) is 0 Å². The number of carbonyl (C=O) groups is 1. The molecule has 5 rings (SSSR count). The summed E-state index contributed by atoms with van der Waals surface area (Å²) in [5.74, 6) is 0.583. The van der Waals surface area contributed by atoms with Gasteiger partial charge >= 0.3 is 0 Å². The van der Waals surface area contributed by atoms with E-state index in [4.69, 9.17) is 16.3 Å². The highest BCUT2D eigenvalue weighted by Crippen LogP contribution is 2.34. The number of hydrogen-bond acceptors (Lipinski definition) is 6. The van der Waals surface area contributed by atoms with Crippen LogP contribution in [0.15, 0.2) is 17.5 Å². The third kappa shape index (κ3) is 3.18. The molecule has 2 aromatic heterocycles. The summed E-state index contributed by atoms with van der Waals surface area (Å²) in [7, 11) is 0. The number of nitrogens with zero attached hydrogens (tertiary/aromatic N) is 2. The molecular weight excluding hydrogens is 366 g/mol. The molecule has 24 heavy (non-hydrogen) atoms. The fraction of sp³-hybridized carbons (Fsp3) is 0.500. The molecular formula is C16H18ClN3O2S2. The molecule has 0 spiro atoms. The third-order valence-electron chi connectivity index (χ3n) is 4.92. The number of nitrogens with one attached hydrogen (secondary N) is 1. The summed E-state index contributed by atoms with van der Waals surface area (Å²) in [6.45, 7) is 4.53. The number of thiazole rings is 1. The lowest BCUT2D eigenvalue weighted by Gasteiger charge is -2.49. The Hall–Kier alpha value is -1.15. The molecule has 3 fully saturated rings. The molecule has 5 heterocycles. The van der Waals surface area contributed by atoms with Crippen LogP contribution in [-0.2, 0) is 0 Å². The molecule has 8 heteroatoms. The number of piperidine rings is 3. The second-order valence-corrected chi connectivity index (χ2v) is 8.52. The molecule has 0 radical (unpaired) electrons. The monoisotopic (exact) mass is 383 g/mol. The Balaban J connectivity index is 1.41. The van der Waals surface area contributed by atoms with Gasteiger partial charge in [0.1, 0.15) is 5.15 Å². The fourth-order valence-corrected chi connectivity index (χ4v) is 5.25. The Morgan fingerprint density at radius 3 is 2.88 bits per heavy atom. The van der Waals surface area contributed by atoms with Crippen LogP contribution in [0.2, 0.25) is 5.15 Å². The summed E-state index contributed by atoms with van der Waals surface area (Å²) < 4.78 is 5.64. The van der Waals surface area contributed by atoms with E-state index in [9.17, 15) is 4.79 Å². The van der Waals surface area contributed by atoms with Gasteiger partial charge in [0.2, 0.25) is 0 Å². The van der Waals surface area contributed by atoms with Crippen molar-refractivity contribution in [1.29, 1.82) is 0 Å². The number of aromatic nitrogens is 1. The van der Waals surface area contributed by atoms with Crippen molar-refractivity contribution in [1.82, 2.24) is 15.2 Å². The summed E-state index contributed by atoms with van der Waals surface area (Å²) in [6.07, 6.45) is 2.36. The average Bonchev–Trinajstić information content (AvgIpc) is 3.21. The van der Waals surface area contributed by atoms with Crippen LogP contribution in [0.25, 0.3) is 0 Å². The summed E-state index contributed by atoms with van der Waals surface area (Å²) in [5.41, 5.74) is 0. The highest BCUT2D eigenvalue weighted by Gasteiger charge is 2.40. The first kappa shape index (κ1) is 16.3. The third-order valence-corrected chi connectivity index (χ3v) is 6.93. The van der Waals surface area contributed by atoms with Crippen LogP contribution in [0.3, 0.4) is 0 Å². The van der Waals surface area contributed by atoms with Crippen LogP contribution in [-0.4, -0.2) is 41.0 Å². The number of thiophene rings is 1. The molecule has 1 N–H and O–H groups in total. The van der Waals surface area contributed by atoms with Gasteiger partial charge in [-0.2, -0.15) is 4.98 Å². The molecule has 0 unspecified atom stereocenters. The van der Waals surface area contributed by atoms with Gasteiger partial charge in [0.05, 0.1) is 4.88 Å². The average molecular weight is 384 g/mol. The fourth-order valence-electron chi connectivity index (χ4n) is 3.64. The normalized spacial score (nSPS) is 28.8. The number of fused-ring (bicyclic) bond motifs is 3. The van der Waals surface area contributed by atoms with E-state index in [1.54, 1.807) is 17.5 Å². The van der Waals surface area contributed by atoms with Crippen molar-refractivity contribution in [2.75, 3.05) is 13.1 Å². The molecule has 1 amide bonds. The van der Waals surface area contributed by atoms with Gasteiger partial charge in [-0.1, -0.05) is 34.3 Å². The van der Waals surface area contributed by atoms with Crippen molar-refractivity contribution in [2.45, 2.75) is 31.8 Å². The van der Waals surface area contributed by atoms with Crippen molar-refractivity contribution < 1.29 is 9.53 Å². The maximum Gasteiger partial charge on any atom is 0.280 e. The lowest BCUT2D eigenvalue weighted by Crippen LogP contribution is -2.62. The molecule has 2 aromatic rings. The van der Waals surface area contributed by atoms with Gasteiger partial charge in [-0.15, -0.1) is 0 Å². The van der Waals surface area contributed by atoms with Crippen LogP contribution < -0.4 is 10.1 Å². The van der Waals surface area contributed by atoms with Crippen LogP contribution >= 0.6 is 34.3 Å². The van der Waals surface area contributed by atoms with Crippen LogP contribution in [0.5, 0.6) is 10.3 Å². The predicted molar refractivity (Wildman–Crippen MR) is 96.5 cm³/mol. The maximum atomic E-state index is 12.6. The van der Waals surface area contributed by atoms with Crippen molar-refractivity contribution in [3.05, 3.63) is 27.5 Å². The number of carbonyl (C=O) groups excluding carboxylic acids is 1. The van der Waals surface area contributed by atoms with E-state index in [-0.39, 0.29) is 11.9 Å². The van der Waals surface area contributed by atoms with E-state index in [2.05, 4.69) is 22.1 Å². The molecule has 0 aliphatic carbocycles. The van der Waals surface area contributed by atoms with Crippen LogP contribution in [0.4, 0.5) is 0 Å². The van der Waals surface area contributed by atoms with E-state index in [0.717, 1.165) is 13.1 Å². The van der Waals surface area contributed by atoms with Crippen molar-refractivity contribution >= 4 is 40.2 Å². The second-order valence-electron chi connectivity index (χ2n) is 6.27. The molecule has 3 aliphatic heterocycles. The minimum atomic E-state index is -0.0161. The lowest BCUT2D eigenvalue weighted by atomic mass is 9.79. The number of ether oxygens (including phenoxy) is 1. The summed E-state index contributed by atoms with van der Waals surface area (Å²) in [5, 5.41) is 6.50. The highest BCUT2D eigenvalue weighted by molar-refractivity contribution is 7.16. The smallest absolute Gasteiger partial charge is 0.280 e. The van der Waals surface area contributed by atoms with E-state index < -0.39 is 0 Å². The molecule has 0 aromatic carbocycles. The van der Waals surface area contributed by atoms with Crippen molar-refractivity contribution in [3.63, 3.8) is 0 Å². The van der Waals surface area contributed by atoms with Gasteiger partial charge in [0, 0.05) is 17.5 Å². The zero-order valence-electron chi connectivity index (χ0n) is 13.2. The van der Waals surface area contributed by atoms with Crippen molar-refractivity contribution in [3.8, 4) is 10.3 Å². The van der Waals surface area contributed by atoms with Gasteiger partial charge in [-0.25, -0.2) is 0 Å². The molecule has 3 saturated heterocycles. The molecule has 2 atom stereocenters. The number of halogens is 1. The van der Waals surface area contributed by atoms with Gasteiger partial charge in [0.25, 0.3) is 11.1 Å². The van der Waals surface area contributed by atoms with E-state index >= 15 is 0 Å². The zero-order valence-corrected chi connectivity index (χ0v) is 15.6. The lowest BCUT2D eigenvalue weighted by molar-refractivity contribution is 0.0218. The van der Waals surface area contributed by atoms with Gasteiger partial charge in [-0.3, -0.25) is 9.69 Å². The van der Waals surface area contributed by atoms with Crippen LogP contribution in [0, 0.1) is 5.92 Å². The Morgan fingerprint density at radius 1 is 1.42 bits per heavy atom. The van der Waals surface area contributed by atoms with E-state index in [1.165, 1.54) is 35.5 Å². The Kier molecular flexibility index (Phi) is 4.51. The molecule has 5 nitrogen and oxygen atoms in total. The first-order chi connectivity index (χ1) is 11.6. The molecule has 3 aliphatic rings. The number of rotatable bonds is 4. The first-order valence-corrected chi connectivity index (χ1v) is 10.1. The van der Waals surface area contributed by atoms with Gasteiger partial charge in [-0.05, 0) is 50.9 Å². The highest BCUT2D eigenvalue weighted by atomic mass is 35.5. The summed E-state index contributed by atoms with van der Waals surface area (Å²) in [6, 6.07) is 4.25. The quantitative estimate of drug-likeness (QED) is 0.870. The second kappa shape index (κ2) is 6.63. The Bertz CT molecular complexity index is 737. The van der Waals surface area contributed by atoms with Crippen LogP contribution in [0.1, 0.15) is 29.4 Å². The summed E-state index contributed by atoms with van der Waals surface area (Å²) in [4.78, 5) is 19.8. The predicted octanol–water partition coefficient (Wildman–Crippen LogP) is 3.86. The topological polar surface area (TPSA) is 54.5 Å². The Morgan fingerprint density at radius 2 is 2.21 bits per heavy atom. The largest absolute Gasteiger partial charge is 0.420 e. The first-order valence-electron chi connectivity index (χ1n) is 8.04. The maximum absolute atomic E-state index is 12.6. The minimum Gasteiger partial charge on any atom is -0.420 e. The van der Waals surface area contributed by atoms with E-state index in [0.29, 0.717) is 32.2 Å². The molecule has 128 valence electrons. The standard InChI is InChI=1S/C16H18ClN3O2S2/c1-9-14(10-4-6-20(9)7-5-10)19-15(21)11-2-3-13(24-11)22-16-18-12(17)8-23-16/h2-3,8-10,14H,4-7H2,1H3,(H,19,21)/t9-,14-/m0/s1. The Labute approximate surface area is 153 Å². The molecule has 0 saturated carbocycles. The van der Waals surface area contributed by atoms with Gasteiger partial charge < -0.3 is 10.1 Å². The minimum absolute atomic E-state index is 0.0161. The molecule has 2 bridgehead atoms.